The molecule has 1 aliphatic rings. The van der Waals surface area contributed by atoms with E-state index < -0.39 is 40.5 Å². The van der Waals surface area contributed by atoms with E-state index in [1.54, 1.807) is 6.92 Å². The van der Waals surface area contributed by atoms with Crippen molar-refractivity contribution < 1.29 is 31.4 Å². The van der Waals surface area contributed by atoms with Gasteiger partial charge in [0, 0.05) is 22.6 Å². The third-order valence-electron chi connectivity index (χ3n) is 4.87. The summed E-state index contributed by atoms with van der Waals surface area (Å²) in [5, 5.41) is 0. The van der Waals surface area contributed by atoms with E-state index in [-0.39, 0.29) is 36.3 Å². The zero-order valence-corrected chi connectivity index (χ0v) is 16.1. The Kier molecular flexibility index (Phi) is 6.57. The fraction of sp³-hybridized carbons (Fsp3) is 0.364. The molecule has 1 aliphatic heterocycles. The second kappa shape index (κ2) is 8.95. The molecule has 0 radical (unpaired) electrons. The van der Waals surface area contributed by atoms with Gasteiger partial charge in [-0.15, -0.1) is 0 Å². The Balaban J connectivity index is 1.88. The first kappa shape index (κ1) is 21.3. The normalized spacial score (nSPS) is 20.0. The van der Waals surface area contributed by atoms with Crippen molar-refractivity contribution in [1.29, 1.82) is 0 Å². The van der Waals surface area contributed by atoms with Gasteiger partial charge in [-0.3, -0.25) is 0 Å². The molecule has 2 aromatic rings. The van der Waals surface area contributed by atoms with E-state index in [0.717, 1.165) is 6.07 Å². The summed E-state index contributed by atoms with van der Waals surface area (Å²) in [5.74, 6) is -5.76. The number of allylic oxidation sites excluding steroid dienone is 1. The third kappa shape index (κ3) is 4.45. The Morgan fingerprint density at radius 2 is 1.66 bits per heavy atom. The number of ether oxygens (including phenoxy) is 2. The molecule has 0 aromatic heterocycles. The molecule has 2 unspecified atom stereocenters. The SMILES string of the molecule is CCOc1ccc(-c2ccc(C3CCC(C=C(C)F)CO3)c(F)c2F)c(F)c1F. The monoisotopic (exact) mass is 412 g/mol. The molecule has 1 saturated heterocycles. The lowest BCUT2D eigenvalue weighted by Gasteiger charge is -2.28. The van der Waals surface area contributed by atoms with Crippen LogP contribution in [-0.4, -0.2) is 13.2 Å². The molecule has 3 rings (SSSR count). The highest BCUT2D eigenvalue weighted by molar-refractivity contribution is 5.66. The van der Waals surface area contributed by atoms with E-state index in [9.17, 15) is 22.0 Å². The Morgan fingerprint density at radius 3 is 2.24 bits per heavy atom. The smallest absolute Gasteiger partial charge is 0.201 e. The second-order valence-electron chi connectivity index (χ2n) is 6.92. The summed E-state index contributed by atoms with van der Waals surface area (Å²) in [7, 11) is 0. The second-order valence-corrected chi connectivity index (χ2v) is 6.92. The summed E-state index contributed by atoms with van der Waals surface area (Å²) >= 11 is 0. The minimum atomic E-state index is -1.31. The fourth-order valence-corrected chi connectivity index (χ4v) is 3.50. The maximum atomic E-state index is 14.7. The van der Waals surface area contributed by atoms with Gasteiger partial charge in [0.25, 0.3) is 0 Å². The Labute approximate surface area is 165 Å². The molecule has 1 heterocycles. The van der Waals surface area contributed by atoms with Gasteiger partial charge in [-0.1, -0.05) is 12.1 Å². The number of hydrogen-bond acceptors (Lipinski definition) is 2. The van der Waals surface area contributed by atoms with Gasteiger partial charge in [-0.05, 0) is 44.9 Å². The van der Waals surface area contributed by atoms with E-state index in [4.69, 9.17) is 9.47 Å². The molecule has 29 heavy (non-hydrogen) atoms. The van der Waals surface area contributed by atoms with Gasteiger partial charge in [-0.25, -0.2) is 17.6 Å². The molecule has 0 saturated carbocycles. The molecule has 0 bridgehead atoms. The zero-order chi connectivity index (χ0) is 21.1. The molecule has 1 fully saturated rings. The lowest BCUT2D eigenvalue weighted by Crippen LogP contribution is -2.20. The van der Waals surface area contributed by atoms with Gasteiger partial charge in [0.05, 0.1) is 25.1 Å². The van der Waals surface area contributed by atoms with Gasteiger partial charge in [0.15, 0.2) is 23.2 Å². The highest BCUT2D eigenvalue weighted by Gasteiger charge is 2.28. The number of halogens is 5. The standard InChI is InChI=1S/C22H21F5O2/c1-3-28-18-9-7-15(20(25)22(18)27)14-5-6-16(21(26)19(14)24)17-8-4-13(11-29-17)10-12(2)23/h5-7,9-10,13,17H,3-4,8,11H2,1-2H3. The molecule has 2 aromatic carbocycles. The molecule has 0 N–H and O–H groups in total. The van der Waals surface area contributed by atoms with Crippen molar-refractivity contribution in [1.82, 2.24) is 0 Å². The van der Waals surface area contributed by atoms with Crippen LogP contribution in [0.3, 0.4) is 0 Å². The predicted molar refractivity (Wildman–Crippen MR) is 99.2 cm³/mol. The lowest BCUT2D eigenvalue weighted by molar-refractivity contribution is -0.00782. The van der Waals surface area contributed by atoms with Gasteiger partial charge in [0.2, 0.25) is 5.82 Å². The molecule has 156 valence electrons. The highest BCUT2D eigenvalue weighted by Crippen LogP contribution is 2.37. The predicted octanol–water partition coefficient (Wildman–Crippen LogP) is 6.65. The summed E-state index contributed by atoms with van der Waals surface area (Å²) in [4.78, 5) is 0. The van der Waals surface area contributed by atoms with Crippen LogP contribution in [0.25, 0.3) is 11.1 Å². The molecular formula is C22H21F5O2. The Hall–Kier alpha value is -2.41. The molecular weight excluding hydrogens is 391 g/mol. The summed E-state index contributed by atoms with van der Waals surface area (Å²) < 4.78 is 81.4. The van der Waals surface area contributed by atoms with Gasteiger partial charge in [0.1, 0.15) is 0 Å². The Bertz CT molecular complexity index is 914. The zero-order valence-electron chi connectivity index (χ0n) is 16.1. The maximum absolute atomic E-state index is 14.7. The quantitative estimate of drug-likeness (QED) is 0.512. The van der Waals surface area contributed by atoms with E-state index in [1.807, 2.05) is 0 Å². The first-order valence-corrected chi connectivity index (χ1v) is 9.38. The van der Waals surface area contributed by atoms with Crippen molar-refractivity contribution >= 4 is 0 Å². The van der Waals surface area contributed by atoms with Crippen molar-refractivity contribution in [3.05, 3.63) is 65.0 Å². The maximum Gasteiger partial charge on any atom is 0.201 e. The summed E-state index contributed by atoms with van der Waals surface area (Å²) in [6, 6.07) is 4.83. The average molecular weight is 412 g/mol. The average Bonchev–Trinajstić information content (AvgIpc) is 2.69. The van der Waals surface area contributed by atoms with Crippen molar-refractivity contribution in [2.45, 2.75) is 32.8 Å². The lowest BCUT2D eigenvalue weighted by atomic mass is 9.92. The number of hydrogen-bond donors (Lipinski definition) is 0. The molecule has 0 aliphatic carbocycles. The van der Waals surface area contributed by atoms with E-state index in [1.165, 1.54) is 31.2 Å². The third-order valence-corrected chi connectivity index (χ3v) is 4.87. The molecule has 0 spiro atoms. The molecule has 2 nitrogen and oxygen atoms in total. The molecule has 7 heteroatoms. The number of benzene rings is 2. The van der Waals surface area contributed by atoms with Crippen molar-refractivity contribution in [3.63, 3.8) is 0 Å². The van der Waals surface area contributed by atoms with Crippen LogP contribution in [0.5, 0.6) is 5.75 Å². The molecule has 2 atom stereocenters. The first-order chi connectivity index (χ1) is 13.8. The first-order valence-electron chi connectivity index (χ1n) is 9.38. The van der Waals surface area contributed by atoms with Crippen molar-refractivity contribution in [3.8, 4) is 16.9 Å². The minimum absolute atomic E-state index is 0.00235. The summed E-state index contributed by atoms with van der Waals surface area (Å²) in [5.41, 5.74) is -0.796. The van der Waals surface area contributed by atoms with Crippen LogP contribution in [0.15, 0.2) is 36.2 Å². The molecule has 0 amide bonds. The van der Waals surface area contributed by atoms with Crippen LogP contribution in [0.2, 0.25) is 0 Å². The van der Waals surface area contributed by atoms with Crippen LogP contribution in [0, 0.1) is 29.2 Å². The topological polar surface area (TPSA) is 18.5 Å². The van der Waals surface area contributed by atoms with Crippen LogP contribution in [0.4, 0.5) is 22.0 Å². The van der Waals surface area contributed by atoms with Crippen molar-refractivity contribution in [2.75, 3.05) is 13.2 Å². The summed E-state index contributed by atoms with van der Waals surface area (Å²) in [6.45, 7) is 3.27. The minimum Gasteiger partial charge on any atom is -0.491 e. The number of rotatable bonds is 5. The highest BCUT2D eigenvalue weighted by atomic mass is 19.2. The Morgan fingerprint density at radius 1 is 1.00 bits per heavy atom. The summed E-state index contributed by atoms with van der Waals surface area (Å²) in [6.07, 6.45) is 1.70. The van der Waals surface area contributed by atoms with Crippen LogP contribution >= 0.6 is 0 Å². The van der Waals surface area contributed by atoms with Gasteiger partial charge in [-0.2, -0.15) is 4.39 Å². The van der Waals surface area contributed by atoms with Crippen LogP contribution < -0.4 is 4.74 Å². The van der Waals surface area contributed by atoms with E-state index >= 15 is 0 Å². The largest absolute Gasteiger partial charge is 0.491 e. The van der Waals surface area contributed by atoms with Crippen molar-refractivity contribution in [2.24, 2.45) is 5.92 Å². The van der Waals surface area contributed by atoms with Crippen LogP contribution in [0.1, 0.15) is 38.4 Å². The van der Waals surface area contributed by atoms with Gasteiger partial charge >= 0.3 is 0 Å². The van der Waals surface area contributed by atoms with Gasteiger partial charge < -0.3 is 9.47 Å². The fourth-order valence-electron chi connectivity index (χ4n) is 3.50. The van der Waals surface area contributed by atoms with E-state index in [0.29, 0.717) is 12.8 Å². The van der Waals surface area contributed by atoms with Crippen LogP contribution in [-0.2, 0) is 4.74 Å². The van der Waals surface area contributed by atoms with E-state index in [2.05, 4.69) is 0 Å².